The fourth-order valence-electron chi connectivity index (χ4n) is 2.40. The van der Waals surface area contributed by atoms with E-state index < -0.39 is 0 Å². The molecule has 0 radical (unpaired) electrons. The summed E-state index contributed by atoms with van der Waals surface area (Å²) >= 11 is 3.55. The zero-order valence-corrected chi connectivity index (χ0v) is 14.4. The van der Waals surface area contributed by atoms with Crippen LogP contribution in [0.1, 0.15) is 30.6 Å². The molecule has 2 rings (SSSR count). The van der Waals surface area contributed by atoms with Gasteiger partial charge in [0.25, 0.3) is 0 Å². The molecule has 0 bridgehead atoms. The summed E-state index contributed by atoms with van der Waals surface area (Å²) in [7, 11) is 3.67. The van der Waals surface area contributed by atoms with Gasteiger partial charge in [0.15, 0.2) is 0 Å². The maximum Gasteiger partial charge on any atom is 0.133 e. The summed E-state index contributed by atoms with van der Waals surface area (Å²) in [6, 6.07) is 8.57. The highest BCUT2D eigenvalue weighted by Crippen LogP contribution is 2.27. The van der Waals surface area contributed by atoms with Crippen molar-refractivity contribution in [2.75, 3.05) is 13.7 Å². The molecule has 0 amide bonds. The molecular formula is C16H22BrN3O. The molecule has 0 aliphatic rings. The van der Waals surface area contributed by atoms with Crippen LogP contribution in [0.2, 0.25) is 0 Å². The molecule has 4 nitrogen and oxygen atoms in total. The third-order valence-corrected chi connectivity index (χ3v) is 4.13. The van der Waals surface area contributed by atoms with Crippen LogP contribution >= 0.6 is 15.9 Å². The molecule has 114 valence electrons. The number of aryl methyl sites for hydroxylation is 1. The number of ether oxygens (including phenoxy) is 1. The highest BCUT2D eigenvalue weighted by atomic mass is 79.9. The van der Waals surface area contributed by atoms with Crippen molar-refractivity contribution in [1.82, 2.24) is 15.1 Å². The van der Waals surface area contributed by atoms with E-state index in [2.05, 4.69) is 51.5 Å². The molecule has 1 heterocycles. The predicted molar refractivity (Wildman–Crippen MR) is 88.6 cm³/mol. The van der Waals surface area contributed by atoms with Gasteiger partial charge in [0.1, 0.15) is 5.75 Å². The minimum Gasteiger partial charge on any atom is -0.496 e. The molecule has 5 heteroatoms. The van der Waals surface area contributed by atoms with E-state index in [1.807, 2.05) is 24.0 Å². The normalized spacial score (nSPS) is 12.4. The molecule has 0 spiro atoms. The summed E-state index contributed by atoms with van der Waals surface area (Å²) < 4.78 is 8.21. The lowest BCUT2D eigenvalue weighted by atomic mass is 10.0. The first-order chi connectivity index (χ1) is 10.2. The summed E-state index contributed by atoms with van der Waals surface area (Å²) in [6.45, 7) is 3.17. The quantitative estimate of drug-likeness (QED) is 0.829. The topological polar surface area (TPSA) is 39.1 Å². The number of halogens is 1. The number of benzene rings is 1. The molecule has 0 saturated heterocycles. The average Bonchev–Trinajstić information content (AvgIpc) is 2.90. The molecule has 21 heavy (non-hydrogen) atoms. The molecular weight excluding hydrogens is 330 g/mol. The van der Waals surface area contributed by atoms with Gasteiger partial charge in [0.2, 0.25) is 0 Å². The Labute approximate surface area is 134 Å². The van der Waals surface area contributed by atoms with Crippen molar-refractivity contribution in [1.29, 1.82) is 0 Å². The Kier molecular flexibility index (Phi) is 5.82. The van der Waals surface area contributed by atoms with Gasteiger partial charge in [-0.05, 0) is 59.1 Å². The third kappa shape index (κ3) is 4.08. The SMILES string of the molecule is CCCNC(Cc1ccc(OC)c(Br)c1)c1ccnn1C. The van der Waals surface area contributed by atoms with Crippen molar-refractivity contribution in [3.05, 3.63) is 46.2 Å². The van der Waals surface area contributed by atoms with Crippen LogP contribution in [0, 0.1) is 0 Å². The molecule has 2 aromatic rings. The highest BCUT2D eigenvalue weighted by molar-refractivity contribution is 9.10. The largest absolute Gasteiger partial charge is 0.496 e. The van der Waals surface area contributed by atoms with Crippen molar-refractivity contribution < 1.29 is 4.74 Å². The molecule has 1 atom stereocenters. The van der Waals surface area contributed by atoms with Crippen LogP contribution in [0.25, 0.3) is 0 Å². The zero-order valence-electron chi connectivity index (χ0n) is 12.8. The maximum atomic E-state index is 5.28. The lowest BCUT2D eigenvalue weighted by molar-refractivity contribution is 0.411. The molecule has 1 N–H and O–H groups in total. The van der Waals surface area contributed by atoms with Crippen molar-refractivity contribution >= 4 is 15.9 Å². The van der Waals surface area contributed by atoms with Gasteiger partial charge in [-0.15, -0.1) is 0 Å². The second-order valence-corrected chi connectivity index (χ2v) is 5.91. The minimum absolute atomic E-state index is 0.262. The minimum atomic E-state index is 0.262. The first kappa shape index (κ1) is 16.0. The standard InChI is InChI=1S/C16H22BrN3O/c1-4-8-18-14(15-7-9-19-20(15)2)11-12-5-6-16(21-3)13(17)10-12/h5-7,9-10,14,18H,4,8,11H2,1-3H3. The first-order valence-electron chi connectivity index (χ1n) is 7.19. The van der Waals surface area contributed by atoms with Crippen molar-refractivity contribution in [3.8, 4) is 5.75 Å². The van der Waals surface area contributed by atoms with E-state index in [9.17, 15) is 0 Å². The van der Waals surface area contributed by atoms with Crippen molar-refractivity contribution in [3.63, 3.8) is 0 Å². The zero-order chi connectivity index (χ0) is 15.2. The molecule has 1 aromatic heterocycles. The lowest BCUT2D eigenvalue weighted by Crippen LogP contribution is -2.26. The predicted octanol–water partition coefficient (Wildman–Crippen LogP) is 3.47. The van der Waals surface area contributed by atoms with Gasteiger partial charge in [-0.3, -0.25) is 4.68 Å². The third-order valence-electron chi connectivity index (χ3n) is 3.51. The summed E-state index contributed by atoms with van der Waals surface area (Å²) in [5.41, 5.74) is 2.47. The number of nitrogens with one attached hydrogen (secondary N) is 1. The van der Waals surface area contributed by atoms with Gasteiger partial charge < -0.3 is 10.1 Å². The van der Waals surface area contributed by atoms with Crippen LogP contribution in [0.15, 0.2) is 34.9 Å². The van der Waals surface area contributed by atoms with Crippen LogP contribution in [-0.2, 0) is 13.5 Å². The van der Waals surface area contributed by atoms with Crippen LogP contribution in [0.5, 0.6) is 5.75 Å². The number of hydrogen-bond donors (Lipinski definition) is 1. The van der Waals surface area contributed by atoms with Gasteiger partial charge in [-0.1, -0.05) is 13.0 Å². The van der Waals surface area contributed by atoms with E-state index in [0.29, 0.717) is 0 Å². The number of rotatable bonds is 7. The van der Waals surface area contributed by atoms with E-state index in [1.165, 1.54) is 11.3 Å². The first-order valence-corrected chi connectivity index (χ1v) is 7.98. The summed E-state index contributed by atoms with van der Waals surface area (Å²) in [6.07, 6.45) is 3.88. The molecule has 1 aromatic carbocycles. The van der Waals surface area contributed by atoms with E-state index in [4.69, 9.17) is 4.74 Å². The van der Waals surface area contributed by atoms with E-state index in [-0.39, 0.29) is 6.04 Å². The Bertz CT molecular complexity index is 583. The van der Waals surface area contributed by atoms with Gasteiger partial charge in [-0.2, -0.15) is 5.10 Å². The van der Waals surface area contributed by atoms with Crippen molar-refractivity contribution in [2.45, 2.75) is 25.8 Å². The number of aromatic nitrogens is 2. The Morgan fingerprint density at radius 2 is 2.19 bits per heavy atom. The Hall–Kier alpha value is -1.33. The monoisotopic (exact) mass is 351 g/mol. The summed E-state index contributed by atoms with van der Waals surface area (Å²) in [5, 5.41) is 7.88. The Balaban J connectivity index is 2.18. The lowest BCUT2D eigenvalue weighted by Gasteiger charge is -2.19. The smallest absolute Gasteiger partial charge is 0.133 e. The number of hydrogen-bond acceptors (Lipinski definition) is 3. The summed E-state index contributed by atoms with van der Waals surface area (Å²) in [4.78, 5) is 0. The van der Waals surface area contributed by atoms with Crippen molar-refractivity contribution in [2.24, 2.45) is 7.05 Å². The second kappa shape index (κ2) is 7.61. The summed E-state index contributed by atoms with van der Waals surface area (Å²) in [5.74, 6) is 0.859. The number of nitrogens with zero attached hydrogens (tertiary/aromatic N) is 2. The second-order valence-electron chi connectivity index (χ2n) is 5.06. The molecule has 1 unspecified atom stereocenters. The van der Waals surface area contributed by atoms with E-state index in [0.717, 1.165) is 29.6 Å². The van der Waals surface area contributed by atoms with Crippen LogP contribution in [0.3, 0.4) is 0 Å². The Morgan fingerprint density at radius 1 is 1.38 bits per heavy atom. The molecule has 0 fully saturated rings. The van der Waals surface area contributed by atoms with E-state index >= 15 is 0 Å². The average molecular weight is 352 g/mol. The van der Waals surface area contributed by atoms with Crippen LogP contribution in [-0.4, -0.2) is 23.4 Å². The van der Waals surface area contributed by atoms with Gasteiger partial charge in [-0.25, -0.2) is 0 Å². The van der Waals surface area contributed by atoms with Crippen LogP contribution in [0.4, 0.5) is 0 Å². The fourth-order valence-corrected chi connectivity index (χ4v) is 2.99. The fraction of sp³-hybridized carbons (Fsp3) is 0.438. The molecule has 0 aliphatic carbocycles. The number of methoxy groups -OCH3 is 1. The Morgan fingerprint density at radius 3 is 2.76 bits per heavy atom. The van der Waals surface area contributed by atoms with E-state index in [1.54, 1.807) is 7.11 Å². The van der Waals surface area contributed by atoms with Crippen LogP contribution < -0.4 is 10.1 Å². The molecule has 0 aliphatic heterocycles. The van der Waals surface area contributed by atoms with Gasteiger partial charge in [0, 0.05) is 13.2 Å². The highest BCUT2D eigenvalue weighted by Gasteiger charge is 2.15. The molecule has 0 saturated carbocycles. The van der Waals surface area contributed by atoms with Gasteiger partial charge >= 0.3 is 0 Å². The van der Waals surface area contributed by atoms with Gasteiger partial charge in [0.05, 0.1) is 23.3 Å². The maximum absolute atomic E-state index is 5.28.